The fourth-order valence-corrected chi connectivity index (χ4v) is 2.40. The molecule has 0 aromatic heterocycles. The van der Waals surface area contributed by atoms with Crippen LogP contribution >= 0.6 is 0 Å². The van der Waals surface area contributed by atoms with Gasteiger partial charge in [0, 0.05) is 18.4 Å². The molecular weight excluding hydrogens is 164 g/mol. The van der Waals surface area contributed by atoms with Crippen molar-refractivity contribution in [2.75, 3.05) is 6.61 Å². The summed E-state index contributed by atoms with van der Waals surface area (Å²) >= 11 is 0. The second-order valence-corrected chi connectivity index (χ2v) is 4.05. The van der Waals surface area contributed by atoms with E-state index in [9.17, 15) is 5.11 Å². The number of hydrogen-bond donors (Lipinski definition) is 1. The lowest BCUT2D eigenvalue weighted by atomic mass is 9.60. The van der Waals surface area contributed by atoms with Crippen molar-refractivity contribution >= 4 is 0 Å². The fraction of sp³-hybridized carbons (Fsp3) is 1.00. The molecule has 0 heterocycles. The first-order valence-electron chi connectivity index (χ1n) is 5.50. The van der Waals surface area contributed by atoms with E-state index in [1.165, 1.54) is 0 Å². The summed E-state index contributed by atoms with van der Waals surface area (Å²) in [6.07, 6.45) is 4.12. The van der Waals surface area contributed by atoms with Crippen molar-refractivity contribution in [3.8, 4) is 0 Å². The van der Waals surface area contributed by atoms with Crippen LogP contribution in [0.3, 0.4) is 0 Å². The van der Waals surface area contributed by atoms with Crippen LogP contribution in [0.15, 0.2) is 0 Å². The highest BCUT2D eigenvalue weighted by atomic mass is 16.5. The summed E-state index contributed by atoms with van der Waals surface area (Å²) in [5.74, 6) is 0. The highest BCUT2D eigenvalue weighted by Crippen LogP contribution is 2.48. The Hall–Kier alpha value is -0.0800. The van der Waals surface area contributed by atoms with Gasteiger partial charge in [0.25, 0.3) is 0 Å². The van der Waals surface area contributed by atoms with Crippen molar-refractivity contribution in [2.45, 2.75) is 58.7 Å². The van der Waals surface area contributed by atoms with Crippen molar-refractivity contribution in [1.29, 1.82) is 0 Å². The average molecular weight is 186 g/mol. The SMILES string of the molecule is CCCOC1CC(O)C1(CC)CC. The molecule has 2 nitrogen and oxygen atoms in total. The first-order chi connectivity index (χ1) is 6.21. The van der Waals surface area contributed by atoms with Gasteiger partial charge in [-0.3, -0.25) is 0 Å². The highest BCUT2D eigenvalue weighted by molar-refractivity contribution is 5.02. The Bertz CT molecular complexity index is 152. The summed E-state index contributed by atoms with van der Waals surface area (Å²) in [7, 11) is 0. The lowest BCUT2D eigenvalue weighted by Crippen LogP contribution is -2.57. The summed E-state index contributed by atoms with van der Waals surface area (Å²) < 4.78 is 5.74. The van der Waals surface area contributed by atoms with Gasteiger partial charge >= 0.3 is 0 Å². The Morgan fingerprint density at radius 1 is 1.31 bits per heavy atom. The smallest absolute Gasteiger partial charge is 0.0680 e. The van der Waals surface area contributed by atoms with E-state index in [0.717, 1.165) is 32.3 Å². The largest absolute Gasteiger partial charge is 0.392 e. The fourth-order valence-electron chi connectivity index (χ4n) is 2.40. The van der Waals surface area contributed by atoms with Crippen molar-refractivity contribution in [3.63, 3.8) is 0 Å². The third kappa shape index (κ3) is 1.75. The van der Waals surface area contributed by atoms with Gasteiger partial charge < -0.3 is 9.84 Å². The molecule has 1 aliphatic rings. The number of aliphatic hydroxyl groups is 1. The second-order valence-electron chi connectivity index (χ2n) is 4.05. The van der Waals surface area contributed by atoms with Gasteiger partial charge in [0.1, 0.15) is 0 Å². The normalized spacial score (nSPS) is 31.4. The number of rotatable bonds is 5. The van der Waals surface area contributed by atoms with E-state index in [0.29, 0.717) is 6.10 Å². The van der Waals surface area contributed by atoms with Crippen molar-refractivity contribution in [3.05, 3.63) is 0 Å². The summed E-state index contributed by atoms with van der Waals surface area (Å²) in [6.45, 7) is 7.25. The lowest BCUT2D eigenvalue weighted by Gasteiger charge is -2.52. The van der Waals surface area contributed by atoms with Gasteiger partial charge in [-0.05, 0) is 19.3 Å². The molecule has 0 aromatic rings. The van der Waals surface area contributed by atoms with E-state index in [1.807, 2.05) is 0 Å². The maximum atomic E-state index is 9.75. The first-order valence-corrected chi connectivity index (χ1v) is 5.50. The van der Waals surface area contributed by atoms with Crippen LogP contribution in [0.4, 0.5) is 0 Å². The van der Waals surface area contributed by atoms with Gasteiger partial charge in [-0.2, -0.15) is 0 Å². The zero-order valence-corrected chi connectivity index (χ0v) is 9.05. The van der Waals surface area contributed by atoms with Crippen LogP contribution in [0.25, 0.3) is 0 Å². The number of ether oxygens (including phenoxy) is 1. The Morgan fingerprint density at radius 2 is 1.92 bits per heavy atom. The standard InChI is InChI=1S/C11H22O2/c1-4-7-13-10-8-9(12)11(10,5-2)6-3/h9-10,12H,4-8H2,1-3H3. The molecule has 0 aliphatic heterocycles. The molecule has 1 fully saturated rings. The summed E-state index contributed by atoms with van der Waals surface area (Å²) in [4.78, 5) is 0. The summed E-state index contributed by atoms with van der Waals surface area (Å²) in [5, 5.41) is 9.75. The van der Waals surface area contributed by atoms with Gasteiger partial charge in [0.15, 0.2) is 0 Å². The van der Waals surface area contributed by atoms with Crippen molar-refractivity contribution in [1.82, 2.24) is 0 Å². The molecule has 1 aliphatic carbocycles. The molecule has 1 rings (SSSR count). The van der Waals surface area contributed by atoms with Gasteiger partial charge in [-0.25, -0.2) is 0 Å². The Kier molecular flexibility index (Phi) is 3.74. The van der Waals surface area contributed by atoms with Crippen LogP contribution in [0, 0.1) is 5.41 Å². The van der Waals surface area contributed by atoms with Gasteiger partial charge in [0.2, 0.25) is 0 Å². The van der Waals surface area contributed by atoms with Crippen LogP contribution in [0.2, 0.25) is 0 Å². The molecule has 0 amide bonds. The average Bonchev–Trinajstić information content (AvgIpc) is 2.14. The minimum Gasteiger partial charge on any atom is -0.392 e. The van der Waals surface area contributed by atoms with Crippen LogP contribution < -0.4 is 0 Å². The van der Waals surface area contributed by atoms with Crippen LogP contribution in [-0.4, -0.2) is 23.9 Å². The predicted molar refractivity (Wildman–Crippen MR) is 53.7 cm³/mol. The summed E-state index contributed by atoms with van der Waals surface area (Å²) in [6, 6.07) is 0. The van der Waals surface area contributed by atoms with E-state index >= 15 is 0 Å². The predicted octanol–water partition coefficient (Wildman–Crippen LogP) is 2.35. The van der Waals surface area contributed by atoms with E-state index in [-0.39, 0.29) is 11.5 Å². The Balaban J connectivity index is 2.48. The van der Waals surface area contributed by atoms with E-state index in [1.54, 1.807) is 0 Å². The minimum absolute atomic E-state index is 0.0647. The molecule has 2 unspecified atom stereocenters. The maximum absolute atomic E-state index is 9.75. The molecule has 78 valence electrons. The number of aliphatic hydroxyl groups excluding tert-OH is 1. The number of hydrogen-bond acceptors (Lipinski definition) is 2. The third-order valence-corrected chi connectivity index (χ3v) is 3.58. The quantitative estimate of drug-likeness (QED) is 0.714. The van der Waals surface area contributed by atoms with Crippen LogP contribution in [0.5, 0.6) is 0 Å². The Labute approximate surface area is 81.3 Å². The third-order valence-electron chi connectivity index (χ3n) is 3.58. The minimum atomic E-state index is -0.135. The molecule has 1 saturated carbocycles. The molecule has 2 heteroatoms. The van der Waals surface area contributed by atoms with E-state index in [2.05, 4.69) is 20.8 Å². The van der Waals surface area contributed by atoms with Crippen molar-refractivity contribution < 1.29 is 9.84 Å². The van der Waals surface area contributed by atoms with Crippen LogP contribution in [0.1, 0.15) is 46.5 Å². The van der Waals surface area contributed by atoms with E-state index < -0.39 is 0 Å². The molecule has 13 heavy (non-hydrogen) atoms. The topological polar surface area (TPSA) is 29.5 Å². The maximum Gasteiger partial charge on any atom is 0.0680 e. The molecule has 2 atom stereocenters. The summed E-state index contributed by atoms with van der Waals surface area (Å²) in [5.41, 5.74) is 0.0647. The molecule has 1 N–H and O–H groups in total. The van der Waals surface area contributed by atoms with E-state index in [4.69, 9.17) is 4.74 Å². The Morgan fingerprint density at radius 3 is 2.31 bits per heavy atom. The zero-order valence-electron chi connectivity index (χ0n) is 9.05. The lowest BCUT2D eigenvalue weighted by molar-refractivity contribution is -0.195. The first kappa shape index (κ1) is 11.0. The molecule has 0 bridgehead atoms. The van der Waals surface area contributed by atoms with Gasteiger partial charge in [0.05, 0.1) is 12.2 Å². The van der Waals surface area contributed by atoms with Crippen molar-refractivity contribution in [2.24, 2.45) is 5.41 Å². The van der Waals surface area contributed by atoms with Gasteiger partial charge in [-0.15, -0.1) is 0 Å². The zero-order chi connectivity index (χ0) is 9.90. The molecule has 0 saturated heterocycles. The molecule has 0 spiro atoms. The highest BCUT2D eigenvalue weighted by Gasteiger charge is 2.52. The molecule has 0 radical (unpaired) electrons. The molecule has 0 aromatic carbocycles. The molecular formula is C11H22O2. The second kappa shape index (κ2) is 4.43. The van der Waals surface area contributed by atoms with Gasteiger partial charge in [-0.1, -0.05) is 20.8 Å². The van der Waals surface area contributed by atoms with Crippen LogP contribution in [-0.2, 0) is 4.74 Å². The monoisotopic (exact) mass is 186 g/mol.